The van der Waals surface area contributed by atoms with Crippen molar-refractivity contribution in [1.29, 1.82) is 0 Å². The predicted molar refractivity (Wildman–Crippen MR) is 109 cm³/mol. The first-order chi connectivity index (χ1) is 14.1. The molecule has 1 aromatic heterocycles. The number of hydrogen-bond donors (Lipinski definition) is 2. The quantitative estimate of drug-likeness (QED) is 0.462. The van der Waals surface area contributed by atoms with Crippen LogP contribution in [0.2, 0.25) is 0 Å². The highest BCUT2D eigenvalue weighted by Crippen LogP contribution is 2.33. The van der Waals surface area contributed by atoms with E-state index >= 15 is 0 Å². The van der Waals surface area contributed by atoms with E-state index in [1.807, 2.05) is 36.5 Å². The number of carbonyl (C=O) groups excluding carboxylic acids is 1. The van der Waals surface area contributed by atoms with Crippen molar-refractivity contribution in [2.45, 2.75) is 18.9 Å². The molecule has 0 aliphatic carbocycles. The molecule has 0 unspecified atom stereocenters. The average molecular weight is 390 g/mol. The minimum atomic E-state index is -0.334. The van der Waals surface area contributed by atoms with Crippen LogP contribution < -0.4 is 5.32 Å². The van der Waals surface area contributed by atoms with Crippen LogP contribution in [-0.4, -0.2) is 10.9 Å². The molecule has 0 radical (unpaired) electrons. The lowest BCUT2D eigenvalue weighted by Crippen LogP contribution is -2.25. The lowest BCUT2D eigenvalue weighted by atomic mass is 9.88. The summed E-state index contributed by atoms with van der Waals surface area (Å²) in [6.07, 6.45) is 2.06. The number of halogens is 2. The first-order valence-corrected chi connectivity index (χ1v) is 9.43. The highest BCUT2D eigenvalue weighted by molar-refractivity contribution is 5.86. The topological polar surface area (TPSA) is 44.9 Å². The Bertz CT molecular complexity index is 1140. The molecule has 29 heavy (non-hydrogen) atoms. The van der Waals surface area contributed by atoms with Gasteiger partial charge in [-0.25, -0.2) is 8.78 Å². The van der Waals surface area contributed by atoms with Crippen molar-refractivity contribution in [3.8, 4) is 0 Å². The van der Waals surface area contributed by atoms with E-state index in [0.29, 0.717) is 6.54 Å². The lowest BCUT2D eigenvalue weighted by molar-refractivity contribution is -0.121. The van der Waals surface area contributed by atoms with Gasteiger partial charge in [0.2, 0.25) is 5.91 Å². The summed E-state index contributed by atoms with van der Waals surface area (Å²) in [6, 6.07) is 20.2. The Labute approximate surface area is 167 Å². The maximum Gasteiger partial charge on any atom is 0.221 e. The minimum Gasteiger partial charge on any atom is -0.361 e. The van der Waals surface area contributed by atoms with E-state index in [-0.39, 0.29) is 29.9 Å². The number of aromatic nitrogens is 1. The van der Waals surface area contributed by atoms with Gasteiger partial charge >= 0.3 is 0 Å². The van der Waals surface area contributed by atoms with Crippen LogP contribution in [0.15, 0.2) is 79.0 Å². The van der Waals surface area contributed by atoms with Gasteiger partial charge in [-0.15, -0.1) is 0 Å². The van der Waals surface area contributed by atoms with Gasteiger partial charge in [0.05, 0.1) is 0 Å². The smallest absolute Gasteiger partial charge is 0.221 e. The Morgan fingerprint density at radius 2 is 1.72 bits per heavy atom. The van der Waals surface area contributed by atoms with Gasteiger partial charge in [0.15, 0.2) is 0 Å². The molecule has 0 saturated carbocycles. The van der Waals surface area contributed by atoms with Crippen molar-refractivity contribution in [2.75, 3.05) is 0 Å². The second-order valence-corrected chi connectivity index (χ2v) is 7.00. The molecule has 0 bridgehead atoms. The fraction of sp³-hybridized carbons (Fsp3) is 0.125. The van der Waals surface area contributed by atoms with Crippen LogP contribution in [0.5, 0.6) is 0 Å². The zero-order valence-corrected chi connectivity index (χ0v) is 15.7. The number of para-hydroxylation sites is 1. The molecule has 4 rings (SSSR count). The number of benzene rings is 3. The SMILES string of the molecule is O=C(C[C@H](c1cccc(F)c1)c1c[nH]c2ccccc12)NCc1ccc(F)cc1. The van der Waals surface area contributed by atoms with Crippen LogP contribution in [0.1, 0.15) is 29.0 Å². The van der Waals surface area contributed by atoms with Crippen molar-refractivity contribution >= 4 is 16.8 Å². The van der Waals surface area contributed by atoms with E-state index in [0.717, 1.165) is 27.6 Å². The Morgan fingerprint density at radius 1 is 0.931 bits per heavy atom. The minimum absolute atomic E-state index is 0.158. The van der Waals surface area contributed by atoms with Gasteiger partial charge in [0.1, 0.15) is 11.6 Å². The number of carbonyl (C=O) groups is 1. The van der Waals surface area contributed by atoms with Crippen LogP contribution in [0.4, 0.5) is 8.78 Å². The summed E-state index contributed by atoms with van der Waals surface area (Å²) in [4.78, 5) is 15.9. The summed E-state index contributed by atoms with van der Waals surface area (Å²) in [5.74, 6) is -1.10. The van der Waals surface area contributed by atoms with E-state index in [2.05, 4.69) is 10.3 Å². The highest BCUT2D eigenvalue weighted by atomic mass is 19.1. The molecule has 0 aliphatic rings. The zero-order valence-electron chi connectivity index (χ0n) is 15.7. The van der Waals surface area contributed by atoms with E-state index in [1.165, 1.54) is 24.3 Å². The monoisotopic (exact) mass is 390 g/mol. The molecule has 0 spiro atoms. The van der Waals surface area contributed by atoms with Crippen molar-refractivity contribution in [3.63, 3.8) is 0 Å². The van der Waals surface area contributed by atoms with E-state index in [9.17, 15) is 13.6 Å². The Balaban J connectivity index is 1.58. The standard InChI is InChI=1S/C24H20F2N2O/c25-18-10-8-16(9-11-18)14-28-24(29)13-21(17-4-3-5-19(26)12-17)22-15-27-23-7-2-1-6-20(22)23/h1-12,15,21,27H,13-14H2,(H,28,29)/t21-/m1/s1. The van der Waals surface area contributed by atoms with Gasteiger partial charge in [-0.05, 0) is 47.0 Å². The summed E-state index contributed by atoms with van der Waals surface area (Å²) in [7, 11) is 0. The van der Waals surface area contributed by atoms with Gasteiger partial charge in [-0.3, -0.25) is 4.79 Å². The van der Waals surface area contributed by atoms with Crippen molar-refractivity contribution in [2.24, 2.45) is 0 Å². The van der Waals surface area contributed by atoms with E-state index in [1.54, 1.807) is 18.2 Å². The summed E-state index contributed by atoms with van der Waals surface area (Å²) in [5.41, 5.74) is 3.47. The second-order valence-electron chi connectivity index (χ2n) is 7.00. The van der Waals surface area contributed by atoms with E-state index < -0.39 is 0 Å². The molecule has 3 aromatic carbocycles. The van der Waals surface area contributed by atoms with Gasteiger partial charge < -0.3 is 10.3 Å². The summed E-state index contributed by atoms with van der Waals surface area (Å²) >= 11 is 0. The summed E-state index contributed by atoms with van der Waals surface area (Å²) in [5, 5.41) is 3.89. The first kappa shape index (κ1) is 18.9. The molecular formula is C24H20F2N2O. The highest BCUT2D eigenvalue weighted by Gasteiger charge is 2.21. The molecule has 4 aromatic rings. The molecule has 3 nitrogen and oxygen atoms in total. The predicted octanol–water partition coefficient (Wildman–Crippen LogP) is 5.28. The summed E-state index contributed by atoms with van der Waals surface area (Å²) < 4.78 is 26.9. The van der Waals surface area contributed by atoms with Crippen molar-refractivity contribution in [1.82, 2.24) is 10.3 Å². The Kier molecular flexibility index (Phi) is 5.38. The molecule has 1 heterocycles. The third kappa shape index (κ3) is 4.35. The molecule has 2 N–H and O–H groups in total. The molecule has 0 aliphatic heterocycles. The van der Waals surface area contributed by atoms with Gasteiger partial charge in [0, 0.05) is 36.0 Å². The van der Waals surface area contributed by atoms with Crippen molar-refractivity contribution in [3.05, 3.63) is 107 Å². The maximum atomic E-state index is 13.9. The van der Waals surface area contributed by atoms with E-state index in [4.69, 9.17) is 0 Å². The molecule has 5 heteroatoms. The summed E-state index contributed by atoms with van der Waals surface area (Å²) in [6.45, 7) is 0.308. The number of H-pyrrole nitrogens is 1. The maximum absolute atomic E-state index is 13.9. The third-order valence-corrected chi connectivity index (χ3v) is 5.04. The zero-order chi connectivity index (χ0) is 20.2. The number of amides is 1. The number of aromatic amines is 1. The van der Waals surface area contributed by atoms with Gasteiger partial charge in [-0.2, -0.15) is 0 Å². The van der Waals surface area contributed by atoms with Crippen LogP contribution >= 0.6 is 0 Å². The normalized spacial score (nSPS) is 12.1. The lowest BCUT2D eigenvalue weighted by Gasteiger charge is -2.17. The fourth-order valence-electron chi connectivity index (χ4n) is 3.57. The molecule has 0 fully saturated rings. The van der Waals surface area contributed by atoms with Crippen LogP contribution in [0, 0.1) is 11.6 Å². The van der Waals surface area contributed by atoms with Gasteiger partial charge in [0.25, 0.3) is 0 Å². The average Bonchev–Trinajstić information content (AvgIpc) is 3.15. The van der Waals surface area contributed by atoms with Gasteiger partial charge in [-0.1, -0.05) is 42.5 Å². The molecule has 146 valence electrons. The molecule has 1 atom stereocenters. The van der Waals surface area contributed by atoms with Crippen LogP contribution in [0.25, 0.3) is 10.9 Å². The van der Waals surface area contributed by atoms with Crippen molar-refractivity contribution < 1.29 is 13.6 Å². The Morgan fingerprint density at radius 3 is 2.52 bits per heavy atom. The molecule has 0 saturated heterocycles. The molecular weight excluding hydrogens is 370 g/mol. The third-order valence-electron chi connectivity index (χ3n) is 5.04. The Hall–Kier alpha value is -3.47. The molecule has 1 amide bonds. The number of rotatable bonds is 6. The number of hydrogen-bond acceptors (Lipinski definition) is 1. The second kappa shape index (κ2) is 8.27. The van der Waals surface area contributed by atoms with Crippen LogP contribution in [0.3, 0.4) is 0 Å². The number of fused-ring (bicyclic) bond motifs is 1. The first-order valence-electron chi connectivity index (χ1n) is 9.43. The fourth-order valence-corrected chi connectivity index (χ4v) is 3.57. The number of nitrogens with one attached hydrogen (secondary N) is 2. The van der Waals surface area contributed by atoms with Crippen LogP contribution in [-0.2, 0) is 11.3 Å². The largest absolute Gasteiger partial charge is 0.361 e.